The van der Waals surface area contributed by atoms with Gasteiger partial charge >= 0.3 is 0 Å². The third kappa shape index (κ3) is 4.00. The van der Waals surface area contributed by atoms with E-state index < -0.39 is 5.82 Å². The number of nitrogens with one attached hydrogen (secondary N) is 1. The fourth-order valence-corrected chi connectivity index (χ4v) is 2.75. The Morgan fingerprint density at radius 1 is 1.35 bits per heavy atom. The van der Waals surface area contributed by atoms with E-state index in [9.17, 15) is 9.18 Å². The predicted molar refractivity (Wildman–Crippen MR) is 92.0 cm³/mol. The highest BCUT2D eigenvalue weighted by molar-refractivity contribution is 7.98. The number of amides is 1. The van der Waals surface area contributed by atoms with Crippen molar-refractivity contribution in [2.75, 3.05) is 11.6 Å². The van der Waals surface area contributed by atoms with Gasteiger partial charge in [0.15, 0.2) is 0 Å². The van der Waals surface area contributed by atoms with Gasteiger partial charge in [-0.3, -0.25) is 4.79 Å². The molecule has 23 heavy (non-hydrogen) atoms. The van der Waals surface area contributed by atoms with Crippen LogP contribution in [0, 0.1) is 12.7 Å². The summed E-state index contributed by atoms with van der Waals surface area (Å²) in [6.07, 6.45) is 1.85. The van der Waals surface area contributed by atoms with Crippen LogP contribution in [0.1, 0.15) is 41.6 Å². The lowest BCUT2D eigenvalue weighted by Gasteiger charge is -2.13. The summed E-state index contributed by atoms with van der Waals surface area (Å²) in [5, 5.41) is 3.27. The van der Waals surface area contributed by atoms with Crippen LogP contribution in [-0.4, -0.2) is 22.1 Å². The first-order valence-electron chi connectivity index (χ1n) is 7.02. The van der Waals surface area contributed by atoms with Crippen LogP contribution >= 0.6 is 23.4 Å². The Balaban J connectivity index is 2.36. The molecule has 4 nitrogen and oxygen atoms in total. The van der Waals surface area contributed by atoms with Gasteiger partial charge < -0.3 is 5.32 Å². The second-order valence-corrected chi connectivity index (χ2v) is 6.49. The molecule has 122 valence electrons. The first-order chi connectivity index (χ1) is 10.8. The number of benzene rings is 1. The van der Waals surface area contributed by atoms with Gasteiger partial charge in [0.05, 0.1) is 16.3 Å². The summed E-state index contributed by atoms with van der Waals surface area (Å²) < 4.78 is 13.5. The summed E-state index contributed by atoms with van der Waals surface area (Å²) in [5.74, 6) is -0.0930. The Morgan fingerprint density at radius 2 is 2.04 bits per heavy atom. The van der Waals surface area contributed by atoms with Gasteiger partial charge in [0.2, 0.25) is 0 Å². The second kappa shape index (κ2) is 7.27. The van der Waals surface area contributed by atoms with Gasteiger partial charge in [-0.1, -0.05) is 25.4 Å². The zero-order chi connectivity index (χ0) is 17.1. The van der Waals surface area contributed by atoms with E-state index in [0.717, 1.165) is 0 Å². The monoisotopic (exact) mass is 353 g/mol. The summed E-state index contributed by atoms with van der Waals surface area (Å²) >= 11 is 7.02. The molecule has 0 radical (unpaired) electrons. The van der Waals surface area contributed by atoms with E-state index >= 15 is 0 Å². The van der Waals surface area contributed by atoms with E-state index in [-0.39, 0.29) is 16.8 Å². The average Bonchev–Trinajstić information content (AvgIpc) is 2.49. The van der Waals surface area contributed by atoms with Gasteiger partial charge in [-0.25, -0.2) is 14.4 Å². The molecule has 7 heteroatoms. The fourth-order valence-electron chi connectivity index (χ4n) is 2.00. The van der Waals surface area contributed by atoms with Crippen molar-refractivity contribution in [1.82, 2.24) is 9.97 Å². The minimum Gasteiger partial charge on any atom is -0.322 e. The Morgan fingerprint density at radius 3 is 2.61 bits per heavy atom. The molecular formula is C16H17ClFN3OS. The van der Waals surface area contributed by atoms with E-state index in [2.05, 4.69) is 15.3 Å². The van der Waals surface area contributed by atoms with Gasteiger partial charge in [-0.05, 0) is 31.4 Å². The summed E-state index contributed by atoms with van der Waals surface area (Å²) in [6.45, 7) is 5.76. The Hall–Kier alpha value is -1.66. The van der Waals surface area contributed by atoms with Crippen LogP contribution in [0.25, 0.3) is 0 Å². The number of thioether (sulfide) groups is 1. The lowest BCUT2D eigenvalue weighted by atomic mass is 10.1. The van der Waals surface area contributed by atoms with Crippen LogP contribution in [0.4, 0.5) is 10.1 Å². The molecule has 1 aromatic heterocycles. The van der Waals surface area contributed by atoms with Crippen LogP contribution in [-0.2, 0) is 0 Å². The lowest BCUT2D eigenvalue weighted by Crippen LogP contribution is -2.18. The predicted octanol–water partition coefficient (Wildman–Crippen LogP) is 4.68. The zero-order valence-electron chi connectivity index (χ0n) is 13.3. The number of rotatable bonds is 4. The standard InChI is InChI=1S/C16H17ClFN3OS/c1-8(2)14-19-9(3)13(16(21-14)23-4)15(22)20-10-5-6-11(17)12(18)7-10/h5-8H,1-4H3,(H,20,22). The maximum atomic E-state index is 13.5. The minimum absolute atomic E-state index is 0.00796. The molecule has 1 aromatic carbocycles. The topological polar surface area (TPSA) is 54.9 Å². The van der Waals surface area contributed by atoms with Gasteiger partial charge in [-0.15, -0.1) is 11.8 Å². The third-order valence-corrected chi connectivity index (χ3v) is 4.18. The molecule has 0 atom stereocenters. The Bertz CT molecular complexity index is 752. The number of halogens is 2. The molecule has 1 N–H and O–H groups in total. The van der Waals surface area contributed by atoms with Gasteiger partial charge in [0.25, 0.3) is 5.91 Å². The second-order valence-electron chi connectivity index (χ2n) is 5.29. The van der Waals surface area contributed by atoms with E-state index in [0.29, 0.717) is 27.8 Å². The molecule has 1 heterocycles. The number of carbonyl (C=O) groups excluding carboxylic acids is 1. The number of aromatic nitrogens is 2. The van der Waals surface area contributed by atoms with Crippen molar-refractivity contribution in [3.8, 4) is 0 Å². The first-order valence-corrected chi connectivity index (χ1v) is 8.62. The third-order valence-electron chi connectivity index (χ3n) is 3.19. The summed E-state index contributed by atoms with van der Waals surface area (Å²) in [7, 11) is 0. The van der Waals surface area contributed by atoms with Crippen LogP contribution in [0.3, 0.4) is 0 Å². The van der Waals surface area contributed by atoms with Crippen molar-refractivity contribution in [2.45, 2.75) is 31.7 Å². The Kier molecular flexibility index (Phi) is 5.59. The number of anilines is 1. The van der Waals surface area contributed by atoms with Crippen LogP contribution in [0.5, 0.6) is 0 Å². The number of hydrogen-bond donors (Lipinski definition) is 1. The number of nitrogens with zero attached hydrogens (tertiary/aromatic N) is 2. The van der Waals surface area contributed by atoms with E-state index in [1.807, 2.05) is 20.1 Å². The minimum atomic E-state index is -0.585. The molecule has 2 rings (SSSR count). The highest BCUT2D eigenvalue weighted by Gasteiger charge is 2.19. The number of hydrogen-bond acceptors (Lipinski definition) is 4. The van der Waals surface area contributed by atoms with Gasteiger partial charge in [-0.2, -0.15) is 0 Å². The normalized spacial score (nSPS) is 10.9. The fraction of sp³-hybridized carbons (Fsp3) is 0.312. The van der Waals surface area contributed by atoms with Crippen molar-refractivity contribution >= 4 is 35.0 Å². The molecule has 0 saturated heterocycles. The molecule has 0 bridgehead atoms. The average molecular weight is 354 g/mol. The van der Waals surface area contributed by atoms with Crippen molar-refractivity contribution in [3.63, 3.8) is 0 Å². The van der Waals surface area contributed by atoms with Crippen LogP contribution in [0.2, 0.25) is 5.02 Å². The highest BCUT2D eigenvalue weighted by Crippen LogP contribution is 2.25. The van der Waals surface area contributed by atoms with E-state index in [1.165, 1.54) is 23.9 Å². The molecule has 0 aliphatic rings. The number of carbonyl (C=O) groups is 1. The van der Waals surface area contributed by atoms with E-state index in [1.54, 1.807) is 13.0 Å². The molecule has 1 amide bonds. The van der Waals surface area contributed by atoms with Crippen LogP contribution < -0.4 is 5.32 Å². The largest absolute Gasteiger partial charge is 0.322 e. The molecule has 0 spiro atoms. The molecule has 0 aliphatic carbocycles. The van der Waals surface area contributed by atoms with E-state index in [4.69, 9.17) is 11.6 Å². The zero-order valence-corrected chi connectivity index (χ0v) is 14.8. The summed E-state index contributed by atoms with van der Waals surface area (Å²) in [5.41, 5.74) is 1.33. The van der Waals surface area contributed by atoms with Crippen molar-refractivity contribution in [1.29, 1.82) is 0 Å². The SMILES string of the molecule is CSc1nc(C(C)C)nc(C)c1C(=O)Nc1ccc(Cl)c(F)c1. The number of aryl methyl sites for hydroxylation is 1. The highest BCUT2D eigenvalue weighted by atomic mass is 35.5. The Labute approximate surface area is 143 Å². The molecule has 0 aliphatic heterocycles. The smallest absolute Gasteiger partial charge is 0.260 e. The lowest BCUT2D eigenvalue weighted by molar-refractivity contribution is 0.102. The molecule has 0 saturated carbocycles. The van der Waals surface area contributed by atoms with Crippen LogP contribution in [0.15, 0.2) is 23.2 Å². The van der Waals surface area contributed by atoms with Crippen molar-refractivity contribution in [3.05, 3.63) is 46.1 Å². The summed E-state index contributed by atoms with van der Waals surface area (Å²) in [6, 6.07) is 4.12. The van der Waals surface area contributed by atoms with Crippen molar-refractivity contribution < 1.29 is 9.18 Å². The van der Waals surface area contributed by atoms with Crippen molar-refractivity contribution in [2.24, 2.45) is 0 Å². The first kappa shape index (κ1) is 17.7. The summed E-state index contributed by atoms with van der Waals surface area (Å²) in [4.78, 5) is 21.4. The molecule has 2 aromatic rings. The molecule has 0 unspecified atom stereocenters. The maximum Gasteiger partial charge on any atom is 0.260 e. The van der Waals surface area contributed by atoms with Gasteiger partial charge in [0.1, 0.15) is 16.7 Å². The molecular weight excluding hydrogens is 337 g/mol. The van der Waals surface area contributed by atoms with Gasteiger partial charge in [0, 0.05) is 11.6 Å². The quantitative estimate of drug-likeness (QED) is 0.640. The molecule has 0 fully saturated rings. The maximum absolute atomic E-state index is 13.5.